The first-order valence-electron chi connectivity index (χ1n) is 7.00. The van der Waals surface area contributed by atoms with Crippen LogP contribution in [0.1, 0.15) is 37.3 Å². The molecule has 2 aliphatic rings. The van der Waals surface area contributed by atoms with Crippen LogP contribution in [0.2, 0.25) is 0 Å². The van der Waals surface area contributed by atoms with Gasteiger partial charge in [0.1, 0.15) is 5.82 Å². The fourth-order valence-corrected chi connectivity index (χ4v) is 2.87. The Morgan fingerprint density at radius 1 is 1.42 bits per heavy atom. The van der Waals surface area contributed by atoms with Crippen LogP contribution < -0.4 is 0 Å². The summed E-state index contributed by atoms with van der Waals surface area (Å²) in [6.07, 6.45) is 2.00. The summed E-state index contributed by atoms with van der Waals surface area (Å²) in [5.41, 5.74) is 2.35. The van der Waals surface area contributed by atoms with E-state index < -0.39 is 0 Å². The average molecular weight is 261 g/mol. The third-order valence-corrected chi connectivity index (χ3v) is 4.21. The maximum Gasteiger partial charge on any atom is 0.189 e. The standard InChI is InChI=1S/C15H20FN3/c1-11-10-19(8-6-15(2)17-18-15)7-5-12-3-4-13(16)9-14(11)12/h3-4,9,11H,5-8,10H2,1-2H3. The first kappa shape index (κ1) is 12.7. The van der Waals surface area contributed by atoms with E-state index in [1.807, 2.05) is 6.07 Å². The highest BCUT2D eigenvalue weighted by Gasteiger charge is 2.34. The van der Waals surface area contributed by atoms with Gasteiger partial charge in [0, 0.05) is 26.1 Å². The topological polar surface area (TPSA) is 28.0 Å². The van der Waals surface area contributed by atoms with Crippen LogP contribution in [-0.4, -0.2) is 30.2 Å². The second-order valence-corrected chi connectivity index (χ2v) is 5.96. The molecular weight excluding hydrogens is 241 g/mol. The molecular formula is C15H20FN3. The van der Waals surface area contributed by atoms with Gasteiger partial charge in [0.25, 0.3) is 0 Å². The van der Waals surface area contributed by atoms with Gasteiger partial charge in [0.15, 0.2) is 5.66 Å². The van der Waals surface area contributed by atoms with Crippen molar-refractivity contribution in [2.45, 2.75) is 38.3 Å². The van der Waals surface area contributed by atoms with Crippen molar-refractivity contribution in [1.29, 1.82) is 0 Å². The zero-order valence-corrected chi connectivity index (χ0v) is 11.6. The Hall–Kier alpha value is -1.29. The first-order valence-corrected chi connectivity index (χ1v) is 7.00. The molecule has 2 heterocycles. The van der Waals surface area contributed by atoms with Gasteiger partial charge in [-0.05, 0) is 42.5 Å². The Morgan fingerprint density at radius 3 is 2.95 bits per heavy atom. The van der Waals surface area contributed by atoms with Gasteiger partial charge in [-0.2, -0.15) is 10.2 Å². The van der Waals surface area contributed by atoms with Crippen molar-refractivity contribution in [3.63, 3.8) is 0 Å². The number of rotatable bonds is 3. The molecule has 19 heavy (non-hydrogen) atoms. The molecule has 102 valence electrons. The second-order valence-electron chi connectivity index (χ2n) is 5.96. The quantitative estimate of drug-likeness (QED) is 0.820. The van der Waals surface area contributed by atoms with Gasteiger partial charge in [-0.25, -0.2) is 4.39 Å². The molecule has 1 unspecified atom stereocenters. The van der Waals surface area contributed by atoms with E-state index >= 15 is 0 Å². The Morgan fingerprint density at radius 2 is 2.21 bits per heavy atom. The highest BCUT2D eigenvalue weighted by atomic mass is 19.1. The number of hydrogen-bond acceptors (Lipinski definition) is 3. The van der Waals surface area contributed by atoms with Crippen molar-refractivity contribution in [3.8, 4) is 0 Å². The summed E-state index contributed by atoms with van der Waals surface area (Å²) in [4.78, 5) is 2.46. The highest BCUT2D eigenvalue weighted by molar-refractivity contribution is 5.32. The van der Waals surface area contributed by atoms with Crippen LogP contribution in [-0.2, 0) is 6.42 Å². The van der Waals surface area contributed by atoms with Crippen molar-refractivity contribution in [2.24, 2.45) is 10.2 Å². The summed E-state index contributed by atoms with van der Waals surface area (Å²) in [5, 5.41) is 8.12. The fraction of sp³-hybridized carbons (Fsp3) is 0.600. The van der Waals surface area contributed by atoms with E-state index in [1.165, 1.54) is 11.1 Å². The van der Waals surface area contributed by atoms with Crippen molar-refractivity contribution < 1.29 is 4.39 Å². The minimum absolute atomic E-state index is 0.117. The Kier molecular flexibility index (Phi) is 3.13. The minimum Gasteiger partial charge on any atom is -0.302 e. The lowest BCUT2D eigenvalue weighted by Gasteiger charge is -2.23. The Labute approximate surface area is 113 Å². The van der Waals surface area contributed by atoms with Gasteiger partial charge in [-0.1, -0.05) is 13.0 Å². The molecule has 0 aliphatic carbocycles. The predicted molar refractivity (Wildman–Crippen MR) is 72.8 cm³/mol. The van der Waals surface area contributed by atoms with Crippen molar-refractivity contribution in [1.82, 2.24) is 4.90 Å². The lowest BCUT2D eigenvalue weighted by atomic mass is 9.95. The van der Waals surface area contributed by atoms with E-state index in [-0.39, 0.29) is 11.5 Å². The Bertz CT molecular complexity index is 506. The van der Waals surface area contributed by atoms with E-state index in [1.54, 1.807) is 12.1 Å². The molecule has 4 heteroatoms. The predicted octanol–water partition coefficient (Wildman–Crippen LogP) is 3.36. The van der Waals surface area contributed by atoms with Gasteiger partial charge in [-0.3, -0.25) is 0 Å². The van der Waals surface area contributed by atoms with E-state index in [0.29, 0.717) is 5.92 Å². The van der Waals surface area contributed by atoms with E-state index in [4.69, 9.17) is 0 Å². The summed E-state index contributed by atoms with van der Waals surface area (Å²) >= 11 is 0. The van der Waals surface area contributed by atoms with Crippen molar-refractivity contribution in [3.05, 3.63) is 35.1 Å². The molecule has 1 aromatic rings. The third-order valence-electron chi connectivity index (χ3n) is 4.21. The van der Waals surface area contributed by atoms with Gasteiger partial charge < -0.3 is 4.90 Å². The SMILES string of the molecule is CC1CN(CCC2(C)N=N2)CCc2ccc(F)cc21. The second kappa shape index (κ2) is 4.67. The molecule has 0 fully saturated rings. The zero-order valence-electron chi connectivity index (χ0n) is 11.6. The van der Waals surface area contributed by atoms with E-state index in [2.05, 4.69) is 29.0 Å². The van der Waals surface area contributed by atoms with Gasteiger partial charge in [-0.15, -0.1) is 0 Å². The summed E-state index contributed by atoms with van der Waals surface area (Å²) in [6, 6.07) is 5.22. The lowest BCUT2D eigenvalue weighted by molar-refractivity contribution is 0.258. The van der Waals surface area contributed by atoms with Crippen LogP contribution in [0.3, 0.4) is 0 Å². The Balaban J connectivity index is 1.67. The molecule has 0 aromatic heterocycles. The zero-order chi connectivity index (χ0) is 13.5. The molecule has 1 atom stereocenters. The van der Waals surface area contributed by atoms with Crippen LogP contribution in [0.5, 0.6) is 0 Å². The van der Waals surface area contributed by atoms with E-state index in [9.17, 15) is 4.39 Å². The lowest BCUT2D eigenvalue weighted by Crippen LogP contribution is -2.31. The van der Waals surface area contributed by atoms with Crippen LogP contribution >= 0.6 is 0 Å². The maximum atomic E-state index is 13.4. The molecule has 2 aliphatic heterocycles. The monoisotopic (exact) mass is 261 g/mol. The number of benzene rings is 1. The number of hydrogen-bond donors (Lipinski definition) is 0. The number of nitrogens with zero attached hydrogens (tertiary/aromatic N) is 3. The number of fused-ring (bicyclic) bond motifs is 1. The maximum absolute atomic E-state index is 13.4. The summed E-state index contributed by atoms with van der Waals surface area (Å²) in [7, 11) is 0. The molecule has 1 aromatic carbocycles. The van der Waals surface area contributed by atoms with Crippen molar-refractivity contribution in [2.75, 3.05) is 19.6 Å². The summed E-state index contributed by atoms with van der Waals surface area (Å²) in [6.45, 7) is 7.30. The molecule has 0 bridgehead atoms. The molecule has 0 amide bonds. The summed E-state index contributed by atoms with van der Waals surface area (Å²) in [5.74, 6) is 0.260. The molecule has 0 saturated carbocycles. The molecule has 0 radical (unpaired) electrons. The largest absolute Gasteiger partial charge is 0.302 e. The smallest absolute Gasteiger partial charge is 0.189 e. The molecule has 0 N–H and O–H groups in total. The van der Waals surface area contributed by atoms with Gasteiger partial charge >= 0.3 is 0 Å². The van der Waals surface area contributed by atoms with Crippen LogP contribution in [0.15, 0.2) is 28.4 Å². The summed E-state index contributed by atoms with van der Waals surface area (Å²) < 4.78 is 13.4. The van der Waals surface area contributed by atoms with Gasteiger partial charge in [0.2, 0.25) is 0 Å². The molecule has 0 spiro atoms. The van der Waals surface area contributed by atoms with E-state index in [0.717, 1.165) is 32.5 Å². The molecule has 0 saturated heterocycles. The van der Waals surface area contributed by atoms with Crippen LogP contribution in [0.25, 0.3) is 0 Å². The fourth-order valence-electron chi connectivity index (χ4n) is 2.87. The normalized spacial score (nSPS) is 24.9. The molecule has 3 rings (SSSR count). The molecule has 3 nitrogen and oxygen atoms in total. The number of halogens is 1. The van der Waals surface area contributed by atoms with Crippen LogP contribution in [0.4, 0.5) is 4.39 Å². The minimum atomic E-state index is -0.123. The average Bonchev–Trinajstić information content (AvgIpc) is 3.13. The first-order chi connectivity index (χ1) is 9.06. The van der Waals surface area contributed by atoms with Gasteiger partial charge in [0.05, 0.1) is 0 Å². The highest BCUT2D eigenvalue weighted by Crippen LogP contribution is 2.32. The third kappa shape index (κ3) is 2.84. The van der Waals surface area contributed by atoms with Crippen LogP contribution in [0, 0.1) is 5.82 Å². The van der Waals surface area contributed by atoms with Crippen molar-refractivity contribution >= 4 is 0 Å².